The fourth-order valence-electron chi connectivity index (χ4n) is 1.88. The summed E-state index contributed by atoms with van der Waals surface area (Å²) in [6.07, 6.45) is 2.44. The number of hydrogen-bond acceptors (Lipinski definition) is 6. The number of aliphatic hydroxyl groups excluding tert-OH is 1. The molecule has 6 nitrogen and oxygen atoms in total. The Morgan fingerprint density at radius 1 is 1.47 bits per heavy atom. The van der Waals surface area contributed by atoms with Crippen LogP contribution in [0.2, 0.25) is 0 Å². The summed E-state index contributed by atoms with van der Waals surface area (Å²) < 4.78 is 4.88. The summed E-state index contributed by atoms with van der Waals surface area (Å²) in [5, 5.41) is 12.8. The van der Waals surface area contributed by atoms with Gasteiger partial charge in [-0.3, -0.25) is 0 Å². The predicted molar refractivity (Wildman–Crippen MR) is 74.1 cm³/mol. The Morgan fingerprint density at radius 3 is 2.84 bits per heavy atom. The number of aromatic nitrogens is 2. The fraction of sp³-hybridized carbons (Fsp3) is 0.692. The Kier molecular flexibility index (Phi) is 4.55. The largest absolute Gasteiger partial charge is 0.391 e. The second-order valence-corrected chi connectivity index (χ2v) is 5.04. The standard InChI is InChI=1S/C13H22N4O2/c1-8-11(14)16-13(9-3-4-9)17-12(8)15-6-5-10(18)7-19-2/h9-10,18H,3-7H2,1-2H3,(H3,14,15,16,17). The van der Waals surface area contributed by atoms with Crippen LogP contribution in [0.1, 0.15) is 36.6 Å². The van der Waals surface area contributed by atoms with E-state index in [1.807, 2.05) is 6.92 Å². The number of ether oxygens (including phenoxy) is 1. The molecule has 1 aliphatic rings. The van der Waals surface area contributed by atoms with E-state index >= 15 is 0 Å². The molecule has 4 N–H and O–H groups in total. The van der Waals surface area contributed by atoms with E-state index in [1.165, 1.54) is 0 Å². The highest BCUT2D eigenvalue weighted by molar-refractivity contribution is 5.55. The van der Waals surface area contributed by atoms with Crippen LogP contribution in [0.15, 0.2) is 0 Å². The van der Waals surface area contributed by atoms with Gasteiger partial charge in [-0.25, -0.2) is 9.97 Å². The lowest BCUT2D eigenvalue weighted by molar-refractivity contribution is 0.0615. The molecule has 19 heavy (non-hydrogen) atoms. The van der Waals surface area contributed by atoms with Crippen molar-refractivity contribution in [3.63, 3.8) is 0 Å². The molecule has 1 aliphatic carbocycles. The Labute approximate surface area is 113 Å². The maximum absolute atomic E-state index is 9.58. The minimum absolute atomic E-state index is 0.347. The molecule has 1 aromatic heterocycles. The summed E-state index contributed by atoms with van der Waals surface area (Å²) in [4.78, 5) is 8.85. The molecule has 0 saturated heterocycles. The Morgan fingerprint density at radius 2 is 2.21 bits per heavy atom. The number of nitrogen functional groups attached to an aromatic ring is 1. The van der Waals surface area contributed by atoms with Gasteiger partial charge >= 0.3 is 0 Å². The summed E-state index contributed by atoms with van der Waals surface area (Å²) in [5.74, 6) is 2.63. The van der Waals surface area contributed by atoms with Gasteiger partial charge in [0, 0.05) is 25.1 Å². The summed E-state index contributed by atoms with van der Waals surface area (Å²) in [5.41, 5.74) is 6.77. The molecule has 0 radical (unpaired) electrons. The lowest BCUT2D eigenvalue weighted by Crippen LogP contribution is -2.19. The van der Waals surface area contributed by atoms with E-state index in [-0.39, 0.29) is 0 Å². The molecule has 1 fully saturated rings. The van der Waals surface area contributed by atoms with Crippen molar-refractivity contribution in [2.45, 2.75) is 38.2 Å². The van der Waals surface area contributed by atoms with Crippen molar-refractivity contribution in [3.8, 4) is 0 Å². The third-order valence-corrected chi connectivity index (χ3v) is 3.27. The minimum Gasteiger partial charge on any atom is -0.391 e. The quantitative estimate of drug-likeness (QED) is 0.683. The molecule has 0 spiro atoms. The number of aliphatic hydroxyl groups is 1. The van der Waals surface area contributed by atoms with Crippen LogP contribution >= 0.6 is 0 Å². The molecular formula is C13H22N4O2. The van der Waals surface area contributed by atoms with Gasteiger partial charge in [0.2, 0.25) is 0 Å². The molecule has 0 amide bonds. The molecule has 6 heteroatoms. The number of rotatable bonds is 7. The summed E-state index contributed by atoms with van der Waals surface area (Å²) >= 11 is 0. The molecule has 0 aromatic carbocycles. The Bertz CT molecular complexity index is 435. The van der Waals surface area contributed by atoms with Crippen molar-refractivity contribution in [1.82, 2.24) is 9.97 Å². The molecule has 0 bridgehead atoms. The lowest BCUT2D eigenvalue weighted by Gasteiger charge is -2.13. The van der Waals surface area contributed by atoms with Crippen molar-refractivity contribution in [3.05, 3.63) is 11.4 Å². The number of hydrogen-bond donors (Lipinski definition) is 3. The molecule has 1 saturated carbocycles. The molecule has 1 aromatic rings. The summed E-state index contributed by atoms with van der Waals surface area (Å²) in [7, 11) is 1.58. The van der Waals surface area contributed by atoms with Crippen LogP contribution in [-0.2, 0) is 4.74 Å². The third-order valence-electron chi connectivity index (χ3n) is 3.27. The van der Waals surface area contributed by atoms with Crippen LogP contribution in [0, 0.1) is 6.92 Å². The van der Waals surface area contributed by atoms with Crippen molar-refractivity contribution in [2.75, 3.05) is 31.3 Å². The van der Waals surface area contributed by atoms with Crippen molar-refractivity contribution < 1.29 is 9.84 Å². The number of nitrogens with zero attached hydrogens (tertiary/aromatic N) is 2. The van der Waals surface area contributed by atoms with Crippen LogP contribution in [0.25, 0.3) is 0 Å². The predicted octanol–water partition coefficient (Wildman–Crippen LogP) is 1.05. The monoisotopic (exact) mass is 266 g/mol. The average Bonchev–Trinajstić information content (AvgIpc) is 3.18. The summed E-state index contributed by atoms with van der Waals surface area (Å²) in [6.45, 7) is 2.88. The highest BCUT2D eigenvalue weighted by atomic mass is 16.5. The van der Waals surface area contributed by atoms with Crippen LogP contribution in [-0.4, -0.2) is 41.4 Å². The first-order valence-electron chi connectivity index (χ1n) is 6.66. The van der Waals surface area contributed by atoms with Gasteiger partial charge in [-0.1, -0.05) is 0 Å². The number of nitrogens with two attached hydrogens (primary N) is 1. The number of methoxy groups -OCH3 is 1. The van der Waals surface area contributed by atoms with Crippen LogP contribution in [0.4, 0.5) is 11.6 Å². The zero-order valence-corrected chi connectivity index (χ0v) is 11.5. The smallest absolute Gasteiger partial charge is 0.136 e. The summed E-state index contributed by atoms with van der Waals surface area (Å²) in [6, 6.07) is 0. The highest BCUT2D eigenvalue weighted by Crippen LogP contribution is 2.39. The van der Waals surface area contributed by atoms with Crippen molar-refractivity contribution in [2.24, 2.45) is 0 Å². The van der Waals surface area contributed by atoms with E-state index in [9.17, 15) is 5.11 Å². The normalized spacial score (nSPS) is 16.4. The van der Waals surface area contributed by atoms with E-state index in [0.29, 0.717) is 31.3 Å². The molecule has 0 aliphatic heterocycles. The third kappa shape index (κ3) is 3.78. The van der Waals surface area contributed by atoms with Crippen LogP contribution < -0.4 is 11.1 Å². The Hall–Kier alpha value is -1.40. The fourth-order valence-corrected chi connectivity index (χ4v) is 1.88. The Balaban J connectivity index is 1.95. The van der Waals surface area contributed by atoms with E-state index in [2.05, 4.69) is 15.3 Å². The van der Waals surface area contributed by atoms with Crippen molar-refractivity contribution >= 4 is 11.6 Å². The molecule has 106 valence electrons. The first-order chi connectivity index (χ1) is 9.11. The van der Waals surface area contributed by atoms with Gasteiger partial charge in [-0.05, 0) is 26.2 Å². The van der Waals surface area contributed by atoms with E-state index in [1.54, 1.807) is 7.11 Å². The van der Waals surface area contributed by atoms with E-state index in [0.717, 1.165) is 30.0 Å². The van der Waals surface area contributed by atoms with E-state index in [4.69, 9.17) is 10.5 Å². The zero-order chi connectivity index (χ0) is 13.8. The average molecular weight is 266 g/mol. The maximum atomic E-state index is 9.58. The van der Waals surface area contributed by atoms with Gasteiger partial charge in [0.15, 0.2) is 0 Å². The second kappa shape index (κ2) is 6.16. The maximum Gasteiger partial charge on any atom is 0.136 e. The van der Waals surface area contributed by atoms with Crippen LogP contribution in [0.5, 0.6) is 0 Å². The minimum atomic E-state index is -0.458. The molecular weight excluding hydrogens is 244 g/mol. The number of anilines is 2. The van der Waals surface area contributed by atoms with Gasteiger partial charge < -0.3 is 20.9 Å². The lowest BCUT2D eigenvalue weighted by atomic mass is 10.2. The van der Waals surface area contributed by atoms with Crippen LogP contribution in [0.3, 0.4) is 0 Å². The van der Waals surface area contributed by atoms with Gasteiger partial charge in [0.25, 0.3) is 0 Å². The van der Waals surface area contributed by atoms with Gasteiger partial charge in [-0.15, -0.1) is 0 Å². The molecule has 1 atom stereocenters. The SMILES string of the molecule is COCC(O)CCNc1nc(C2CC2)nc(N)c1C. The topological polar surface area (TPSA) is 93.3 Å². The first-order valence-corrected chi connectivity index (χ1v) is 6.66. The molecule has 1 unspecified atom stereocenters. The van der Waals surface area contributed by atoms with Gasteiger partial charge in [-0.2, -0.15) is 0 Å². The van der Waals surface area contributed by atoms with E-state index < -0.39 is 6.10 Å². The van der Waals surface area contributed by atoms with Gasteiger partial charge in [0.1, 0.15) is 17.5 Å². The zero-order valence-electron chi connectivity index (χ0n) is 11.5. The first kappa shape index (κ1) is 14.0. The molecule has 2 rings (SSSR count). The molecule has 1 heterocycles. The number of nitrogens with one attached hydrogen (secondary N) is 1. The van der Waals surface area contributed by atoms with Crippen molar-refractivity contribution in [1.29, 1.82) is 0 Å². The van der Waals surface area contributed by atoms with Gasteiger partial charge in [0.05, 0.1) is 12.7 Å². The second-order valence-electron chi connectivity index (χ2n) is 5.04. The highest BCUT2D eigenvalue weighted by Gasteiger charge is 2.27.